The molecule has 11 heteroatoms. The normalized spacial score (nSPS) is 11.8. The van der Waals surface area contributed by atoms with Gasteiger partial charge in [0.1, 0.15) is 0 Å². The summed E-state index contributed by atoms with van der Waals surface area (Å²) in [6.45, 7) is 2.87. The fourth-order valence-electron chi connectivity index (χ4n) is 3.05. The molecule has 0 aliphatic carbocycles. The van der Waals surface area contributed by atoms with E-state index in [9.17, 15) is 9.59 Å². The number of carbonyl (C=O) groups is 2. The fourth-order valence-corrected chi connectivity index (χ4v) is 9.23. The number of rotatable bonds is 10. The minimum atomic E-state index is -3.51. The maximum absolute atomic E-state index is 11.5. The maximum Gasteiger partial charge on any atom is 0.529 e. The van der Waals surface area contributed by atoms with Crippen LogP contribution < -0.4 is 21.0 Å². The predicted molar refractivity (Wildman–Crippen MR) is 121 cm³/mol. The van der Waals surface area contributed by atoms with Crippen LogP contribution in [-0.4, -0.2) is 57.9 Å². The highest BCUT2D eigenvalue weighted by molar-refractivity contribution is 6.88. The lowest BCUT2D eigenvalue weighted by Crippen LogP contribution is -2.68. The summed E-state index contributed by atoms with van der Waals surface area (Å²) in [7, 11) is -1.02. The van der Waals surface area contributed by atoms with E-state index in [1.807, 2.05) is 0 Å². The zero-order valence-corrected chi connectivity index (χ0v) is 20.5. The van der Waals surface area contributed by atoms with Crippen LogP contribution in [0.4, 0.5) is 11.4 Å². The lowest BCUT2D eigenvalue weighted by atomic mass is 10.3. The molecular weight excluding hydrogens is 436 g/mol. The minimum Gasteiger partial charge on any atom is -0.374 e. The van der Waals surface area contributed by atoms with Crippen molar-refractivity contribution < 1.29 is 31.4 Å². The second-order valence-electron chi connectivity index (χ2n) is 6.55. The summed E-state index contributed by atoms with van der Waals surface area (Å²) in [6.07, 6.45) is 0. The van der Waals surface area contributed by atoms with Gasteiger partial charge < -0.3 is 32.5 Å². The molecule has 0 unspecified atom stereocenters. The van der Waals surface area contributed by atoms with E-state index in [1.165, 1.54) is 42.3 Å². The second kappa shape index (κ2) is 10.8. The second-order valence-corrected chi connectivity index (χ2v) is 12.4. The summed E-state index contributed by atoms with van der Waals surface area (Å²) < 4.78 is 29.6. The zero-order chi connectivity index (χ0) is 23.1. The first-order valence-electron chi connectivity index (χ1n) is 9.41. The van der Waals surface area contributed by atoms with Gasteiger partial charge in [0.15, 0.2) is 0 Å². The summed E-state index contributed by atoms with van der Waals surface area (Å²) >= 11 is 0. The number of amides is 2. The summed E-state index contributed by atoms with van der Waals surface area (Å²) in [5.41, 5.74) is 1.22. The molecular formula is C20H28N2O7Si2. The Morgan fingerprint density at radius 3 is 1.65 bits per heavy atom. The third-order valence-electron chi connectivity index (χ3n) is 4.44. The monoisotopic (exact) mass is 464 g/mol. The van der Waals surface area contributed by atoms with Crippen LogP contribution in [0.2, 0.25) is 0 Å². The molecule has 168 valence electrons. The van der Waals surface area contributed by atoms with Gasteiger partial charge in [-0.2, -0.15) is 0 Å². The molecule has 0 saturated carbocycles. The molecule has 2 N–H and O–H groups in total. The minimum absolute atomic E-state index is 0.171. The van der Waals surface area contributed by atoms with Gasteiger partial charge in [-0.05, 0) is 24.3 Å². The van der Waals surface area contributed by atoms with Crippen molar-refractivity contribution in [3.8, 4) is 0 Å². The topological polar surface area (TPSA) is 104 Å². The molecule has 0 aliphatic heterocycles. The molecule has 2 aromatic rings. The average Bonchev–Trinajstić information content (AvgIpc) is 2.75. The first-order valence-corrected chi connectivity index (χ1v) is 12.9. The molecule has 31 heavy (non-hydrogen) atoms. The van der Waals surface area contributed by atoms with E-state index in [4.69, 9.17) is 21.8 Å². The van der Waals surface area contributed by atoms with E-state index in [1.54, 1.807) is 48.5 Å². The van der Waals surface area contributed by atoms with Gasteiger partial charge >= 0.3 is 17.6 Å². The Hall–Kier alpha value is -2.39. The van der Waals surface area contributed by atoms with Gasteiger partial charge in [0, 0.05) is 64.0 Å². The van der Waals surface area contributed by atoms with Crippen LogP contribution in [0.25, 0.3) is 0 Å². The summed E-state index contributed by atoms with van der Waals surface area (Å²) in [5.74, 6) is -0.368. The smallest absolute Gasteiger partial charge is 0.374 e. The van der Waals surface area contributed by atoms with Crippen LogP contribution >= 0.6 is 0 Å². The van der Waals surface area contributed by atoms with Crippen molar-refractivity contribution in [2.24, 2.45) is 0 Å². The summed E-state index contributed by atoms with van der Waals surface area (Å²) in [4.78, 5) is 22.8. The molecule has 0 heterocycles. The largest absolute Gasteiger partial charge is 0.529 e. The van der Waals surface area contributed by atoms with Crippen LogP contribution in [0.3, 0.4) is 0 Å². The molecule has 9 nitrogen and oxygen atoms in total. The van der Waals surface area contributed by atoms with E-state index < -0.39 is 17.6 Å². The van der Waals surface area contributed by atoms with Gasteiger partial charge in [-0.25, -0.2) is 0 Å². The Morgan fingerprint density at radius 1 is 0.677 bits per heavy atom. The first kappa shape index (κ1) is 24.9. The van der Waals surface area contributed by atoms with Crippen LogP contribution in [0.1, 0.15) is 13.8 Å². The van der Waals surface area contributed by atoms with Gasteiger partial charge in [0.05, 0.1) is 0 Å². The molecule has 0 atom stereocenters. The van der Waals surface area contributed by atoms with E-state index in [-0.39, 0.29) is 11.8 Å². The lowest BCUT2D eigenvalue weighted by Gasteiger charge is -2.35. The maximum atomic E-state index is 11.5. The predicted octanol–water partition coefficient (Wildman–Crippen LogP) is 1.20. The van der Waals surface area contributed by atoms with Crippen molar-refractivity contribution in [2.45, 2.75) is 13.8 Å². The van der Waals surface area contributed by atoms with Crippen molar-refractivity contribution in [1.82, 2.24) is 0 Å². The van der Waals surface area contributed by atoms with E-state index in [0.29, 0.717) is 21.7 Å². The third-order valence-corrected chi connectivity index (χ3v) is 10.8. The quantitative estimate of drug-likeness (QED) is 0.509. The molecule has 2 amide bonds. The molecule has 2 rings (SSSR count). The molecule has 0 spiro atoms. The van der Waals surface area contributed by atoms with Crippen molar-refractivity contribution in [1.29, 1.82) is 0 Å². The molecule has 0 saturated heterocycles. The Morgan fingerprint density at radius 2 is 1.16 bits per heavy atom. The van der Waals surface area contributed by atoms with Gasteiger partial charge in [-0.3, -0.25) is 9.59 Å². The van der Waals surface area contributed by atoms with Crippen molar-refractivity contribution in [2.75, 3.05) is 39.1 Å². The summed E-state index contributed by atoms with van der Waals surface area (Å²) in [5, 5.41) is 6.75. The molecule has 0 radical (unpaired) electrons. The molecule has 0 aromatic heterocycles. The van der Waals surface area contributed by atoms with E-state index in [0.717, 1.165) is 0 Å². The highest BCUT2D eigenvalue weighted by Gasteiger charge is 2.55. The Bertz CT molecular complexity index is 901. The SMILES string of the molecule is CO[Si](OC)(O[Si](OC)(OC)c1cccc(NC(C)=O)c1)c1ccc(NC(C)=O)cc1. The number of benzene rings is 2. The van der Waals surface area contributed by atoms with E-state index >= 15 is 0 Å². The number of nitrogens with one attached hydrogen (secondary N) is 2. The number of anilines is 2. The van der Waals surface area contributed by atoms with Crippen LogP contribution in [0, 0.1) is 0 Å². The zero-order valence-electron chi connectivity index (χ0n) is 18.5. The van der Waals surface area contributed by atoms with Gasteiger partial charge in [-0.1, -0.05) is 24.3 Å². The van der Waals surface area contributed by atoms with Gasteiger partial charge in [-0.15, -0.1) is 0 Å². The number of carbonyl (C=O) groups excluding carboxylic acids is 2. The van der Waals surface area contributed by atoms with E-state index in [2.05, 4.69) is 10.6 Å². The van der Waals surface area contributed by atoms with Gasteiger partial charge in [0.25, 0.3) is 0 Å². The average molecular weight is 465 g/mol. The van der Waals surface area contributed by atoms with Crippen LogP contribution in [-0.2, 0) is 31.4 Å². The fraction of sp³-hybridized carbons (Fsp3) is 0.300. The van der Waals surface area contributed by atoms with Crippen molar-refractivity contribution in [3.63, 3.8) is 0 Å². The third kappa shape index (κ3) is 5.86. The Balaban J connectivity index is 2.47. The van der Waals surface area contributed by atoms with Gasteiger partial charge in [0.2, 0.25) is 11.8 Å². The van der Waals surface area contributed by atoms with Crippen molar-refractivity contribution >= 4 is 51.2 Å². The molecule has 0 aliphatic rings. The van der Waals surface area contributed by atoms with Crippen LogP contribution in [0.5, 0.6) is 0 Å². The first-order chi connectivity index (χ1) is 14.7. The van der Waals surface area contributed by atoms with Crippen molar-refractivity contribution in [3.05, 3.63) is 48.5 Å². The number of hydrogen-bond donors (Lipinski definition) is 2. The Labute approximate surface area is 184 Å². The Kier molecular flexibility index (Phi) is 8.64. The molecule has 0 fully saturated rings. The molecule has 2 aromatic carbocycles. The lowest BCUT2D eigenvalue weighted by molar-refractivity contribution is -0.115. The number of hydrogen-bond acceptors (Lipinski definition) is 7. The highest BCUT2D eigenvalue weighted by atomic mass is 28.5. The molecule has 0 bridgehead atoms. The van der Waals surface area contributed by atoms with Crippen LogP contribution in [0.15, 0.2) is 48.5 Å². The highest BCUT2D eigenvalue weighted by Crippen LogP contribution is 2.20. The standard InChI is InChI=1S/C20H28N2O7Si2/c1-15(23)21-17-10-12-19(13-11-17)30(25-3,26-4)29-31(27-5,28-6)20-9-7-8-18(14-20)22-16(2)24/h7-14H,1-6H3,(H,21,23)(H,22,24). The summed E-state index contributed by atoms with van der Waals surface area (Å²) in [6, 6.07) is 14.1.